The Hall–Kier alpha value is -0.120. The lowest BCUT2D eigenvalue weighted by atomic mass is 10.0. The second kappa shape index (κ2) is 7.25. The maximum atomic E-state index is 3.67. The van der Waals surface area contributed by atoms with Gasteiger partial charge in [0.05, 0.1) is 0 Å². The van der Waals surface area contributed by atoms with Crippen LogP contribution in [-0.4, -0.2) is 62.2 Å². The monoisotopic (exact) mass is 227 g/mol. The summed E-state index contributed by atoms with van der Waals surface area (Å²) in [6.07, 6.45) is 1.24. The van der Waals surface area contributed by atoms with E-state index in [1.807, 2.05) is 0 Å². The molecule has 0 spiro atoms. The SMILES string of the molecule is CCC(NCCN1CCN(C)CC1)C(C)C. The summed E-state index contributed by atoms with van der Waals surface area (Å²) < 4.78 is 0. The topological polar surface area (TPSA) is 18.5 Å². The van der Waals surface area contributed by atoms with Crippen LogP contribution in [0.1, 0.15) is 27.2 Å². The zero-order valence-electron chi connectivity index (χ0n) is 11.5. The Kier molecular flexibility index (Phi) is 6.32. The van der Waals surface area contributed by atoms with Gasteiger partial charge in [0.15, 0.2) is 0 Å². The van der Waals surface area contributed by atoms with Crippen molar-refractivity contribution in [1.82, 2.24) is 15.1 Å². The zero-order valence-corrected chi connectivity index (χ0v) is 11.5. The van der Waals surface area contributed by atoms with Crippen molar-refractivity contribution >= 4 is 0 Å². The Labute approximate surface area is 101 Å². The van der Waals surface area contributed by atoms with Crippen LogP contribution in [0, 0.1) is 5.92 Å². The van der Waals surface area contributed by atoms with E-state index >= 15 is 0 Å². The van der Waals surface area contributed by atoms with E-state index in [0.717, 1.165) is 12.5 Å². The summed E-state index contributed by atoms with van der Waals surface area (Å²) in [4.78, 5) is 4.98. The zero-order chi connectivity index (χ0) is 12.0. The van der Waals surface area contributed by atoms with Crippen molar-refractivity contribution in [2.45, 2.75) is 33.2 Å². The van der Waals surface area contributed by atoms with Crippen LogP contribution in [0.3, 0.4) is 0 Å². The van der Waals surface area contributed by atoms with E-state index in [0.29, 0.717) is 6.04 Å². The number of nitrogens with zero attached hydrogens (tertiary/aromatic N) is 2. The molecule has 1 unspecified atom stereocenters. The van der Waals surface area contributed by atoms with Crippen molar-refractivity contribution in [3.63, 3.8) is 0 Å². The van der Waals surface area contributed by atoms with Crippen molar-refractivity contribution in [2.75, 3.05) is 46.3 Å². The normalized spacial score (nSPS) is 21.6. The summed E-state index contributed by atoms with van der Waals surface area (Å²) >= 11 is 0. The molecule has 0 radical (unpaired) electrons. The third-order valence-electron chi connectivity index (χ3n) is 3.68. The standard InChI is InChI=1S/C13H29N3/c1-5-13(12(2)3)14-6-7-16-10-8-15(4)9-11-16/h12-14H,5-11H2,1-4H3. The molecule has 1 saturated heterocycles. The lowest BCUT2D eigenvalue weighted by molar-refractivity contribution is 0.152. The summed E-state index contributed by atoms with van der Waals surface area (Å²) in [5.41, 5.74) is 0. The average molecular weight is 227 g/mol. The lowest BCUT2D eigenvalue weighted by Crippen LogP contribution is -2.47. The number of hydrogen-bond donors (Lipinski definition) is 1. The number of rotatable bonds is 6. The van der Waals surface area contributed by atoms with Gasteiger partial charge in [-0.2, -0.15) is 0 Å². The minimum atomic E-state index is 0.687. The van der Waals surface area contributed by atoms with Gasteiger partial charge in [-0.15, -0.1) is 0 Å². The van der Waals surface area contributed by atoms with E-state index < -0.39 is 0 Å². The molecule has 3 heteroatoms. The Bertz CT molecular complexity index is 174. The summed E-state index contributed by atoms with van der Waals surface area (Å²) in [6, 6.07) is 0.687. The van der Waals surface area contributed by atoms with Gasteiger partial charge in [-0.25, -0.2) is 0 Å². The molecular weight excluding hydrogens is 198 g/mol. The number of likely N-dealkylation sites (N-methyl/N-ethyl adjacent to an activating group) is 1. The minimum Gasteiger partial charge on any atom is -0.312 e. The Morgan fingerprint density at radius 2 is 1.75 bits per heavy atom. The highest BCUT2D eigenvalue weighted by molar-refractivity contribution is 4.73. The predicted octanol–water partition coefficient (Wildman–Crippen LogP) is 1.26. The highest BCUT2D eigenvalue weighted by Gasteiger charge is 2.14. The summed E-state index contributed by atoms with van der Waals surface area (Å²) in [5, 5.41) is 3.67. The highest BCUT2D eigenvalue weighted by Crippen LogP contribution is 2.05. The van der Waals surface area contributed by atoms with Crippen molar-refractivity contribution < 1.29 is 0 Å². The van der Waals surface area contributed by atoms with Crippen molar-refractivity contribution in [1.29, 1.82) is 0 Å². The fourth-order valence-corrected chi connectivity index (χ4v) is 2.33. The van der Waals surface area contributed by atoms with E-state index in [-0.39, 0.29) is 0 Å². The summed E-state index contributed by atoms with van der Waals surface area (Å²) in [7, 11) is 2.21. The molecule has 16 heavy (non-hydrogen) atoms. The molecule has 1 atom stereocenters. The third kappa shape index (κ3) is 4.81. The molecule has 1 fully saturated rings. The van der Waals surface area contributed by atoms with Gasteiger partial charge < -0.3 is 10.2 Å². The molecule has 96 valence electrons. The summed E-state index contributed by atoms with van der Waals surface area (Å²) in [5.74, 6) is 0.748. The molecule has 1 rings (SSSR count). The summed E-state index contributed by atoms with van der Waals surface area (Å²) in [6.45, 7) is 14.1. The first-order valence-corrected chi connectivity index (χ1v) is 6.77. The smallest absolute Gasteiger partial charge is 0.0110 e. The van der Waals surface area contributed by atoms with Gasteiger partial charge in [-0.05, 0) is 19.4 Å². The largest absolute Gasteiger partial charge is 0.312 e. The molecule has 1 N–H and O–H groups in total. The van der Waals surface area contributed by atoms with Crippen molar-refractivity contribution in [3.05, 3.63) is 0 Å². The molecule has 1 aliphatic rings. The van der Waals surface area contributed by atoms with E-state index in [4.69, 9.17) is 0 Å². The third-order valence-corrected chi connectivity index (χ3v) is 3.68. The van der Waals surface area contributed by atoms with Crippen LogP contribution in [0.4, 0.5) is 0 Å². The van der Waals surface area contributed by atoms with Gasteiger partial charge in [0.1, 0.15) is 0 Å². The molecular formula is C13H29N3. The van der Waals surface area contributed by atoms with Gasteiger partial charge in [-0.1, -0.05) is 20.8 Å². The van der Waals surface area contributed by atoms with E-state index in [1.54, 1.807) is 0 Å². The molecule has 3 nitrogen and oxygen atoms in total. The van der Waals surface area contributed by atoms with Gasteiger partial charge in [0, 0.05) is 45.3 Å². The molecule has 0 saturated carbocycles. The van der Waals surface area contributed by atoms with Crippen LogP contribution in [0.25, 0.3) is 0 Å². The Balaban J connectivity index is 2.10. The van der Waals surface area contributed by atoms with Crippen LogP contribution >= 0.6 is 0 Å². The first-order chi connectivity index (χ1) is 7.63. The minimum absolute atomic E-state index is 0.687. The van der Waals surface area contributed by atoms with Gasteiger partial charge in [0.25, 0.3) is 0 Å². The van der Waals surface area contributed by atoms with Crippen LogP contribution in [0.5, 0.6) is 0 Å². The molecule has 0 amide bonds. The number of piperazine rings is 1. The van der Waals surface area contributed by atoms with E-state index in [1.165, 1.54) is 39.1 Å². The molecule has 0 aliphatic carbocycles. The molecule has 1 heterocycles. The molecule has 0 bridgehead atoms. The molecule has 0 aromatic heterocycles. The quantitative estimate of drug-likeness (QED) is 0.737. The first-order valence-electron chi connectivity index (χ1n) is 6.77. The fraction of sp³-hybridized carbons (Fsp3) is 1.00. The second-order valence-corrected chi connectivity index (χ2v) is 5.36. The maximum absolute atomic E-state index is 3.67. The molecule has 0 aromatic carbocycles. The van der Waals surface area contributed by atoms with Crippen LogP contribution in [0.15, 0.2) is 0 Å². The molecule has 1 aliphatic heterocycles. The highest BCUT2D eigenvalue weighted by atomic mass is 15.2. The first kappa shape index (κ1) is 13.9. The van der Waals surface area contributed by atoms with Gasteiger partial charge >= 0.3 is 0 Å². The van der Waals surface area contributed by atoms with Gasteiger partial charge in [-0.3, -0.25) is 4.90 Å². The Morgan fingerprint density at radius 3 is 2.25 bits per heavy atom. The van der Waals surface area contributed by atoms with Crippen LogP contribution in [0.2, 0.25) is 0 Å². The average Bonchev–Trinajstić information content (AvgIpc) is 2.26. The van der Waals surface area contributed by atoms with E-state index in [9.17, 15) is 0 Å². The lowest BCUT2D eigenvalue weighted by Gasteiger charge is -2.33. The van der Waals surface area contributed by atoms with E-state index in [2.05, 4.69) is 42.9 Å². The van der Waals surface area contributed by atoms with Crippen molar-refractivity contribution in [3.8, 4) is 0 Å². The van der Waals surface area contributed by atoms with Crippen LogP contribution < -0.4 is 5.32 Å². The van der Waals surface area contributed by atoms with Crippen LogP contribution in [-0.2, 0) is 0 Å². The number of hydrogen-bond acceptors (Lipinski definition) is 3. The second-order valence-electron chi connectivity index (χ2n) is 5.36. The molecule has 0 aromatic rings. The van der Waals surface area contributed by atoms with Gasteiger partial charge in [0.2, 0.25) is 0 Å². The number of nitrogens with one attached hydrogen (secondary N) is 1. The Morgan fingerprint density at radius 1 is 1.12 bits per heavy atom. The predicted molar refractivity (Wildman–Crippen MR) is 70.9 cm³/mol. The maximum Gasteiger partial charge on any atom is 0.0110 e. The van der Waals surface area contributed by atoms with Crippen molar-refractivity contribution in [2.24, 2.45) is 5.92 Å². The fourth-order valence-electron chi connectivity index (χ4n) is 2.33.